The number of primary amides is 1. The third kappa shape index (κ3) is 5.66. The molecule has 2 unspecified atom stereocenters. The lowest BCUT2D eigenvalue weighted by molar-refractivity contribution is -0.130. The van der Waals surface area contributed by atoms with Crippen molar-refractivity contribution < 1.29 is 19.8 Å². The summed E-state index contributed by atoms with van der Waals surface area (Å²) in [5.41, 5.74) is 4.85. The van der Waals surface area contributed by atoms with E-state index in [-0.39, 0.29) is 25.3 Å². The molecule has 18 heavy (non-hydrogen) atoms. The van der Waals surface area contributed by atoms with Gasteiger partial charge in [0.25, 0.3) is 11.8 Å². The fraction of sp³-hybridized carbons (Fsp3) is 0.667. The summed E-state index contributed by atoms with van der Waals surface area (Å²) >= 11 is 0. The highest BCUT2D eigenvalue weighted by atomic mass is 16.3. The van der Waals surface area contributed by atoms with Gasteiger partial charge in [0.1, 0.15) is 0 Å². The highest BCUT2D eigenvalue weighted by Crippen LogP contribution is 2.11. The average molecular weight is 256 g/mol. The SMILES string of the molecule is CC(CCO)N(C(=O)C#CC(N)=O)C(C)CCO. The number of rotatable bonds is 6. The fourth-order valence-electron chi connectivity index (χ4n) is 1.67. The van der Waals surface area contributed by atoms with Crippen LogP contribution in [0.25, 0.3) is 0 Å². The molecule has 0 heterocycles. The summed E-state index contributed by atoms with van der Waals surface area (Å²) in [5.74, 6) is 2.75. The molecule has 0 rings (SSSR count). The second kappa shape index (κ2) is 8.50. The Bertz CT molecular complexity index is 334. The van der Waals surface area contributed by atoms with Gasteiger partial charge >= 0.3 is 0 Å². The van der Waals surface area contributed by atoms with Crippen molar-refractivity contribution in [2.24, 2.45) is 5.73 Å². The minimum Gasteiger partial charge on any atom is -0.396 e. The van der Waals surface area contributed by atoms with Crippen LogP contribution in [0.3, 0.4) is 0 Å². The summed E-state index contributed by atoms with van der Waals surface area (Å²) in [7, 11) is 0. The molecule has 0 saturated carbocycles. The molecule has 2 amide bonds. The maximum atomic E-state index is 11.9. The third-order valence-corrected chi connectivity index (χ3v) is 2.57. The lowest BCUT2D eigenvalue weighted by atomic mass is 10.1. The highest BCUT2D eigenvalue weighted by Gasteiger charge is 2.23. The van der Waals surface area contributed by atoms with Crippen LogP contribution in [-0.4, -0.2) is 52.2 Å². The maximum absolute atomic E-state index is 11.9. The molecule has 0 aliphatic rings. The minimum absolute atomic E-state index is 0.0555. The predicted octanol–water partition coefficient (Wildman–Crippen LogP) is -1.15. The summed E-state index contributed by atoms with van der Waals surface area (Å²) in [6.07, 6.45) is 0.805. The molecule has 0 fully saturated rings. The van der Waals surface area contributed by atoms with Crippen LogP contribution in [-0.2, 0) is 9.59 Å². The first kappa shape index (κ1) is 16.4. The Balaban J connectivity index is 4.91. The number of aliphatic hydroxyl groups is 2. The predicted molar refractivity (Wildman–Crippen MR) is 66.1 cm³/mol. The van der Waals surface area contributed by atoms with E-state index in [4.69, 9.17) is 15.9 Å². The molecule has 0 aliphatic heterocycles. The molecule has 6 nitrogen and oxygen atoms in total. The van der Waals surface area contributed by atoms with Gasteiger partial charge in [-0.15, -0.1) is 0 Å². The normalized spacial score (nSPS) is 13.1. The number of carbonyl (C=O) groups excluding carboxylic acids is 2. The van der Waals surface area contributed by atoms with Crippen molar-refractivity contribution in [1.29, 1.82) is 0 Å². The Morgan fingerprint density at radius 1 is 1.11 bits per heavy atom. The van der Waals surface area contributed by atoms with Crippen molar-refractivity contribution in [2.75, 3.05) is 13.2 Å². The van der Waals surface area contributed by atoms with Crippen LogP contribution in [0.2, 0.25) is 0 Å². The Morgan fingerprint density at radius 3 is 1.89 bits per heavy atom. The van der Waals surface area contributed by atoms with Gasteiger partial charge in [-0.25, -0.2) is 0 Å². The van der Waals surface area contributed by atoms with Gasteiger partial charge in [0, 0.05) is 37.1 Å². The van der Waals surface area contributed by atoms with Crippen molar-refractivity contribution in [3.63, 3.8) is 0 Å². The van der Waals surface area contributed by atoms with Crippen LogP contribution in [0.1, 0.15) is 26.7 Å². The van der Waals surface area contributed by atoms with Gasteiger partial charge in [-0.05, 0) is 26.7 Å². The summed E-state index contributed by atoms with van der Waals surface area (Å²) in [5, 5.41) is 17.8. The highest BCUT2D eigenvalue weighted by molar-refractivity contribution is 6.02. The van der Waals surface area contributed by atoms with E-state index in [1.54, 1.807) is 13.8 Å². The monoisotopic (exact) mass is 256 g/mol. The molecule has 0 saturated heterocycles. The van der Waals surface area contributed by atoms with E-state index < -0.39 is 11.8 Å². The smallest absolute Gasteiger partial charge is 0.299 e. The largest absolute Gasteiger partial charge is 0.396 e. The molecule has 0 spiro atoms. The maximum Gasteiger partial charge on any atom is 0.299 e. The van der Waals surface area contributed by atoms with Crippen molar-refractivity contribution >= 4 is 11.8 Å². The number of nitrogens with two attached hydrogens (primary N) is 1. The lowest BCUT2D eigenvalue weighted by Gasteiger charge is -2.32. The van der Waals surface area contributed by atoms with Crippen LogP contribution in [0.4, 0.5) is 0 Å². The Morgan fingerprint density at radius 2 is 1.56 bits per heavy atom. The molecular weight excluding hydrogens is 236 g/mol. The topological polar surface area (TPSA) is 104 Å². The van der Waals surface area contributed by atoms with Gasteiger partial charge < -0.3 is 20.8 Å². The second-order valence-electron chi connectivity index (χ2n) is 4.05. The van der Waals surface area contributed by atoms with Gasteiger partial charge in [0.2, 0.25) is 0 Å². The summed E-state index contributed by atoms with van der Waals surface area (Å²) < 4.78 is 0. The number of hydrogen-bond donors (Lipinski definition) is 3. The molecule has 0 aromatic heterocycles. The number of hydrogen-bond acceptors (Lipinski definition) is 4. The first-order valence-electron chi connectivity index (χ1n) is 5.79. The molecule has 2 atom stereocenters. The standard InChI is InChI=1S/C12H20N2O4/c1-9(5-7-15)14(10(2)6-8-16)12(18)4-3-11(13)17/h9-10,15-16H,5-8H2,1-2H3,(H2,13,17). The molecule has 4 N–H and O–H groups in total. The molecule has 0 radical (unpaired) electrons. The number of aliphatic hydroxyl groups excluding tert-OH is 2. The molecule has 6 heteroatoms. The minimum atomic E-state index is -0.868. The van der Waals surface area contributed by atoms with Crippen molar-refractivity contribution in [2.45, 2.75) is 38.8 Å². The zero-order chi connectivity index (χ0) is 14.1. The van der Waals surface area contributed by atoms with Gasteiger partial charge in [-0.3, -0.25) is 9.59 Å². The zero-order valence-electron chi connectivity index (χ0n) is 10.7. The van der Waals surface area contributed by atoms with Gasteiger partial charge in [0.15, 0.2) is 0 Å². The van der Waals surface area contributed by atoms with E-state index >= 15 is 0 Å². The van der Waals surface area contributed by atoms with Crippen LogP contribution in [0.5, 0.6) is 0 Å². The summed E-state index contributed by atoms with van der Waals surface area (Å²) in [6.45, 7) is 3.43. The zero-order valence-corrected chi connectivity index (χ0v) is 10.7. The summed E-state index contributed by atoms with van der Waals surface area (Å²) in [6, 6.07) is -0.461. The summed E-state index contributed by atoms with van der Waals surface area (Å²) in [4.78, 5) is 23.8. The fourth-order valence-corrected chi connectivity index (χ4v) is 1.67. The third-order valence-electron chi connectivity index (χ3n) is 2.57. The second-order valence-corrected chi connectivity index (χ2v) is 4.05. The molecule has 0 aromatic rings. The van der Waals surface area contributed by atoms with E-state index in [0.29, 0.717) is 12.8 Å². The first-order chi connectivity index (χ1) is 8.43. The molecule has 0 aromatic carbocycles. The lowest BCUT2D eigenvalue weighted by Crippen LogP contribution is -2.45. The van der Waals surface area contributed by atoms with Crippen LogP contribution in [0.15, 0.2) is 0 Å². The average Bonchev–Trinajstić information content (AvgIpc) is 2.27. The Kier molecular flexibility index (Phi) is 7.76. The van der Waals surface area contributed by atoms with Crippen molar-refractivity contribution in [1.82, 2.24) is 4.90 Å². The van der Waals surface area contributed by atoms with E-state index in [9.17, 15) is 9.59 Å². The van der Waals surface area contributed by atoms with Gasteiger partial charge in [0.05, 0.1) is 0 Å². The molecule has 0 bridgehead atoms. The van der Waals surface area contributed by atoms with Crippen molar-refractivity contribution in [3.8, 4) is 11.8 Å². The molecule has 0 aliphatic carbocycles. The van der Waals surface area contributed by atoms with Crippen LogP contribution < -0.4 is 5.73 Å². The first-order valence-corrected chi connectivity index (χ1v) is 5.79. The number of amides is 2. The van der Waals surface area contributed by atoms with Gasteiger partial charge in [-0.1, -0.05) is 0 Å². The Hall–Kier alpha value is -1.58. The van der Waals surface area contributed by atoms with E-state index in [1.165, 1.54) is 4.90 Å². The van der Waals surface area contributed by atoms with E-state index in [2.05, 4.69) is 5.92 Å². The Labute approximate surface area is 107 Å². The molecular formula is C12H20N2O4. The van der Waals surface area contributed by atoms with Gasteiger partial charge in [-0.2, -0.15) is 0 Å². The van der Waals surface area contributed by atoms with E-state index in [0.717, 1.165) is 0 Å². The molecule has 102 valence electrons. The van der Waals surface area contributed by atoms with E-state index in [1.807, 2.05) is 5.92 Å². The van der Waals surface area contributed by atoms with Crippen LogP contribution in [0, 0.1) is 11.8 Å². The number of carbonyl (C=O) groups is 2. The quantitative estimate of drug-likeness (QED) is 0.522. The van der Waals surface area contributed by atoms with Crippen LogP contribution >= 0.6 is 0 Å². The van der Waals surface area contributed by atoms with Crippen molar-refractivity contribution in [3.05, 3.63) is 0 Å². The number of nitrogens with zero attached hydrogens (tertiary/aromatic N) is 1.